The maximum Gasteiger partial charge on any atom is 0.0575 e. The van der Waals surface area contributed by atoms with Crippen LogP contribution >= 0.6 is 0 Å². The molecule has 0 fully saturated rings. The average molecular weight is 525 g/mol. The van der Waals surface area contributed by atoms with E-state index in [1.54, 1.807) is 0 Å². The van der Waals surface area contributed by atoms with Gasteiger partial charge in [0.1, 0.15) is 0 Å². The molecule has 0 amide bonds. The van der Waals surface area contributed by atoms with Crippen LogP contribution in [0.3, 0.4) is 0 Å². The molecule has 0 saturated carbocycles. The summed E-state index contributed by atoms with van der Waals surface area (Å²) in [6.45, 7) is 5.58. The summed E-state index contributed by atoms with van der Waals surface area (Å²) in [4.78, 5) is 0. The van der Waals surface area contributed by atoms with Gasteiger partial charge in [0.15, 0.2) is 0 Å². The van der Waals surface area contributed by atoms with E-state index < -0.39 is 0 Å². The minimum absolute atomic E-state index is 0.254. The first-order valence-corrected chi connectivity index (χ1v) is 17.6. The predicted octanol–water partition coefficient (Wildman–Crippen LogP) is 12.1. The second kappa shape index (κ2) is 33.9. The van der Waals surface area contributed by atoms with E-state index in [2.05, 4.69) is 13.8 Å². The average Bonchev–Trinajstić information content (AvgIpc) is 2.91. The van der Waals surface area contributed by atoms with E-state index in [4.69, 9.17) is 9.84 Å². The molecule has 0 aliphatic carbocycles. The quantitative estimate of drug-likeness (QED) is 0.0865. The lowest BCUT2D eigenvalue weighted by Gasteiger charge is -2.18. The molecule has 0 aromatic heterocycles. The largest absolute Gasteiger partial charge is 0.396 e. The molecule has 0 spiro atoms. The zero-order valence-electron chi connectivity index (χ0n) is 26.1. The molecule has 1 atom stereocenters. The summed E-state index contributed by atoms with van der Waals surface area (Å²) in [5.74, 6) is 0. The fourth-order valence-corrected chi connectivity index (χ4v) is 5.58. The van der Waals surface area contributed by atoms with Crippen LogP contribution in [0.15, 0.2) is 0 Å². The third kappa shape index (κ3) is 32.0. The number of hydrogen-bond acceptors (Lipinski definition) is 2. The van der Waals surface area contributed by atoms with E-state index >= 15 is 0 Å². The van der Waals surface area contributed by atoms with Crippen molar-refractivity contribution in [2.45, 2.75) is 213 Å². The summed E-state index contributed by atoms with van der Waals surface area (Å²) >= 11 is 0. The lowest BCUT2D eigenvalue weighted by Crippen LogP contribution is -2.14. The molecule has 224 valence electrons. The van der Waals surface area contributed by atoms with Gasteiger partial charge in [-0.2, -0.15) is 0 Å². The first kappa shape index (κ1) is 36.9. The number of aliphatic hydroxyl groups excluding tert-OH is 1. The molecular weight excluding hydrogens is 452 g/mol. The van der Waals surface area contributed by atoms with Crippen molar-refractivity contribution in [1.82, 2.24) is 0 Å². The predicted molar refractivity (Wildman–Crippen MR) is 167 cm³/mol. The van der Waals surface area contributed by atoms with Gasteiger partial charge in [-0.3, -0.25) is 0 Å². The molecule has 0 aromatic carbocycles. The fourth-order valence-electron chi connectivity index (χ4n) is 5.58. The van der Waals surface area contributed by atoms with Crippen molar-refractivity contribution in [1.29, 1.82) is 0 Å². The zero-order chi connectivity index (χ0) is 26.9. The molecule has 2 nitrogen and oxygen atoms in total. The highest BCUT2D eigenvalue weighted by atomic mass is 16.5. The molecule has 2 heteroatoms. The molecule has 0 aromatic rings. The first-order chi connectivity index (χ1) is 18.3. The van der Waals surface area contributed by atoms with Crippen LogP contribution in [0.1, 0.15) is 206 Å². The lowest BCUT2D eigenvalue weighted by molar-refractivity contribution is 0.0303. The smallest absolute Gasteiger partial charge is 0.0575 e. The van der Waals surface area contributed by atoms with Crippen LogP contribution in [-0.2, 0) is 4.74 Å². The standard InChI is InChI=1S/C35H72O2/c1-3-5-7-9-11-13-15-17-18-19-21-23-25-27-29-32-35(37-34-30-33-36)31-28-26-24-22-20-16-14-12-10-8-6-4-2/h35-36H,3-34H2,1-2H3. The summed E-state index contributed by atoms with van der Waals surface area (Å²) in [5, 5.41) is 9.10. The van der Waals surface area contributed by atoms with Gasteiger partial charge < -0.3 is 9.84 Å². The molecule has 0 saturated heterocycles. The summed E-state index contributed by atoms with van der Waals surface area (Å²) in [6, 6.07) is 0. The minimum Gasteiger partial charge on any atom is -0.396 e. The van der Waals surface area contributed by atoms with E-state index in [-0.39, 0.29) is 6.61 Å². The van der Waals surface area contributed by atoms with Crippen LogP contribution < -0.4 is 0 Å². The Hall–Kier alpha value is -0.0800. The van der Waals surface area contributed by atoms with Crippen molar-refractivity contribution in [3.05, 3.63) is 0 Å². The van der Waals surface area contributed by atoms with Gasteiger partial charge in [0, 0.05) is 13.2 Å². The van der Waals surface area contributed by atoms with E-state index in [0.717, 1.165) is 13.0 Å². The van der Waals surface area contributed by atoms with E-state index in [0.29, 0.717) is 6.10 Å². The van der Waals surface area contributed by atoms with E-state index in [1.165, 1.54) is 186 Å². The number of ether oxygens (including phenoxy) is 1. The Kier molecular flexibility index (Phi) is 33.9. The molecule has 0 aliphatic rings. The number of rotatable bonds is 33. The van der Waals surface area contributed by atoms with Gasteiger partial charge in [-0.05, 0) is 19.3 Å². The lowest BCUT2D eigenvalue weighted by atomic mass is 10.0. The normalized spacial score (nSPS) is 12.4. The fraction of sp³-hybridized carbons (Fsp3) is 1.00. The maximum atomic E-state index is 9.10. The maximum absolute atomic E-state index is 9.10. The Labute approximate surface area is 235 Å². The van der Waals surface area contributed by atoms with Gasteiger partial charge in [-0.1, -0.05) is 187 Å². The van der Waals surface area contributed by atoms with Crippen molar-refractivity contribution in [3.63, 3.8) is 0 Å². The van der Waals surface area contributed by atoms with Crippen LogP contribution in [0, 0.1) is 0 Å². The van der Waals surface area contributed by atoms with Crippen molar-refractivity contribution < 1.29 is 9.84 Å². The van der Waals surface area contributed by atoms with Gasteiger partial charge in [-0.25, -0.2) is 0 Å². The van der Waals surface area contributed by atoms with E-state index in [9.17, 15) is 0 Å². The number of unbranched alkanes of at least 4 members (excludes halogenated alkanes) is 25. The molecule has 1 N–H and O–H groups in total. The molecule has 0 rings (SSSR count). The molecule has 0 bridgehead atoms. The second-order valence-corrected chi connectivity index (χ2v) is 12.0. The van der Waals surface area contributed by atoms with E-state index in [1.807, 2.05) is 0 Å². The highest BCUT2D eigenvalue weighted by Gasteiger charge is 2.09. The third-order valence-corrected chi connectivity index (χ3v) is 8.17. The van der Waals surface area contributed by atoms with Gasteiger partial charge in [0.25, 0.3) is 0 Å². The molecule has 37 heavy (non-hydrogen) atoms. The topological polar surface area (TPSA) is 29.5 Å². The van der Waals surface area contributed by atoms with Gasteiger partial charge in [0.2, 0.25) is 0 Å². The highest BCUT2D eigenvalue weighted by Crippen LogP contribution is 2.18. The third-order valence-electron chi connectivity index (χ3n) is 8.17. The van der Waals surface area contributed by atoms with Gasteiger partial charge >= 0.3 is 0 Å². The molecular formula is C35H72O2. The summed E-state index contributed by atoms with van der Waals surface area (Å²) in [5.41, 5.74) is 0. The van der Waals surface area contributed by atoms with Crippen LogP contribution in [0.2, 0.25) is 0 Å². The Bertz CT molecular complexity index is 383. The SMILES string of the molecule is CCCCCCCCCCCCCCCCCC(CCCCCCCCCCCCCC)OCCCO. The Morgan fingerprint density at radius 1 is 0.378 bits per heavy atom. The first-order valence-electron chi connectivity index (χ1n) is 17.6. The van der Waals surface area contributed by atoms with Crippen LogP contribution in [0.4, 0.5) is 0 Å². The zero-order valence-corrected chi connectivity index (χ0v) is 26.1. The Morgan fingerprint density at radius 2 is 0.649 bits per heavy atom. The van der Waals surface area contributed by atoms with Crippen molar-refractivity contribution >= 4 is 0 Å². The number of aliphatic hydroxyl groups is 1. The monoisotopic (exact) mass is 525 g/mol. The van der Waals surface area contributed by atoms with Crippen LogP contribution in [0.25, 0.3) is 0 Å². The second-order valence-electron chi connectivity index (χ2n) is 12.0. The Morgan fingerprint density at radius 3 is 0.919 bits per heavy atom. The highest BCUT2D eigenvalue weighted by molar-refractivity contribution is 4.61. The number of hydrogen-bond donors (Lipinski definition) is 1. The van der Waals surface area contributed by atoms with Gasteiger partial charge in [-0.15, -0.1) is 0 Å². The minimum atomic E-state index is 0.254. The van der Waals surface area contributed by atoms with Crippen molar-refractivity contribution in [2.75, 3.05) is 13.2 Å². The summed E-state index contributed by atoms with van der Waals surface area (Å²) < 4.78 is 6.14. The van der Waals surface area contributed by atoms with Crippen molar-refractivity contribution in [3.8, 4) is 0 Å². The van der Waals surface area contributed by atoms with Gasteiger partial charge in [0.05, 0.1) is 6.10 Å². The molecule has 0 radical (unpaired) electrons. The summed E-state index contributed by atoms with van der Waals surface area (Å²) in [7, 11) is 0. The Balaban J connectivity index is 3.55. The molecule has 0 heterocycles. The van der Waals surface area contributed by atoms with Crippen LogP contribution in [0.5, 0.6) is 0 Å². The summed E-state index contributed by atoms with van der Waals surface area (Å²) in [6.07, 6.45) is 42.0. The van der Waals surface area contributed by atoms with Crippen molar-refractivity contribution in [2.24, 2.45) is 0 Å². The van der Waals surface area contributed by atoms with Crippen LogP contribution in [-0.4, -0.2) is 24.4 Å². The molecule has 1 unspecified atom stereocenters. The molecule has 0 aliphatic heterocycles.